The summed E-state index contributed by atoms with van der Waals surface area (Å²) < 4.78 is 5.47. The normalized spacial score (nSPS) is 11.8. The molecular weight excluding hydrogens is 284 g/mol. The van der Waals surface area contributed by atoms with Crippen molar-refractivity contribution in [3.63, 3.8) is 0 Å². The summed E-state index contributed by atoms with van der Waals surface area (Å²) in [4.78, 5) is 0. The van der Waals surface area contributed by atoms with Crippen LogP contribution in [0.4, 0.5) is 0 Å². The van der Waals surface area contributed by atoms with Crippen LogP contribution in [-0.2, 0) is 6.42 Å². The number of nitriles is 1. The first kappa shape index (κ1) is 15.5. The monoisotopic (exact) mass is 302 g/mol. The van der Waals surface area contributed by atoms with Crippen LogP contribution in [-0.4, -0.2) is 30.9 Å². The molecule has 0 radical (unpaired) electrons. The highest BCUT2D eigenvalue weighted by atomic mass is 32.1. The van der Waals surface area contributed by atoms with Crippen LogP contribution >= 0.6 is 11.3 Å². The molecule has 1 aromatic heterocycles. The van der Waals surface area contributed by atoms with E-state index in [1.807, 2.05) is 0 Å². The summed E-state index contributed by atoms with van der Waals surface area (Å²) in [6.07, 6.45) is 0.389. The molecular formula is C16H18N2O2S. The van der Waals surface area contributed by atoms with Crippen LogP contribution in [0.15, 0.2) is 41.1 Å². The van der Waals surface area contributed by atoms with Gasteiger partial charge in [-0.15, -0.1) is 0 Å². The molecule has 0 amide bonds. The maximum Gasteiger partial charge on any atom is 0.120 e. The number of hydrogen-bond donors (Lipinski definition) is 2. The predicted octanol–water partition coefficient (Wildman–Crippen LogP) is 2.19. The minimum Gasteiger partial charge on any atom is -0.491 e. The number of ether oxygens (including phenoxy) is 1. The lowest BCUT2D eigenvalue weighted by molar-refractivity contribution is 0.106. The van der Waals surface area contributed by atoms with Gasteiger partial charge in [-0.25, -0.2) is 0 Å². The highest BCUT2D eigenvalue weighted by Crippen LogP contribution is 2.12. The van der Waals surface area contributed by atoms with Crippen molar-refractivity contribution in [2.45, 2.75) is 12.5 Å². The third kappa shape index (κ3) is 5.56. The average molecular weight is 302 g/mol. The van der Waals surface area contributed by atoms with Gasteiger partial charge in [0.1, 0.15) is 18.5 Å². The van der Waals surface area contributed by atoms with Gasteiger partial charge in [-0.2, -0.15) is 16.6 Å². The van der Waals surface area contributed by atoms with Gasteiger partial charge in [0.05, 0.1) is 11.6 Å². The summed E-state index contributed by atoms with van der Waals surface area (Å²) in [7, 11) is 0. The van der Waals surface area contributed by atoms with Gasteiger partial charge < -0.3 is 15.2 Å². The van der Waals surface area contributed by atoms with E-state index in [1.54, 1.807) is 35.6 Å². The highest BCUT2D eigenvalue weighted by Gasteiger charge is 2.05. The lowest BCUT2D eigenvalue weighted by Crippen LogP contribution is -2.32. The van der Waals surface area contributed by atoms with Gasteiger partial charge in [0.2, 0.25) is 0 Å². The predicted molar refractivity (Wildman–Crippen MR) is 83.6 cm³/mol. The van der Waals surface area contributed by atoms with E-state index >= 15 is 0 Å². The smallest absolute Gasteiger partial charge is 0.120 e. The Hall–Kier alpha value is -1.87. The molecule has 21 heavy (non-hydrogen) atoms. The lowest BCUT2D eigenvalue weighted by atomic mass is 10.2. The molecule has 2 N–H and O–H groups in total. The van der Waals surface area contributed by atoms with Crippen LogP contribution in [0.25, 0.3) is 0 Å². The summed E-state index contributed by atoms with van der Waals surface area (Å²) in [5, 5.41) is 26.0. The summed E-state index contributed by atoms with van der Waals surface area (Å²) in [6, 6.07) is 11.1. The highest BCUT2D eigenvalue weighted by molar-refractivity contribution is 7.07. The molecule has 1 aromatic carbocycles. The van der Waals surface area contributed by atoms with Crippen molar-refractivity contribution < 1.29 is 9.84 Å². The summed E-state index contributed by atoms with van der Waals surface area (Å²) in [6.45, 7) is 1.53. The molecule has 0 aliphatic heterocycles. The van der Waals surface area contributed by atoms with Crippen LogP contribution < -0.4 is 10.1 Å². The Balaban J connectivity index is 1.63. The molecule has 1 unspecified atom stereocenters. The molecule has 1 atom stereocenters. The number of nitrogens with zero attached hydrogens (tertiary/aromatic N) is 1. The van der Waals surface area contributed by atoms with Gasteiger partial charge in [-0.05, 0) is 53.6 Å². The van der Waals surface area contributed by atoms with Crippen LogP contribution in [0.5, 0.6) is 5.75 Å². The molecule has 4 nitrogen and oxygen atoms in total. The molecule has 5 heteroatoms. The Morgan fingerprint density at radius 1 is 1.38 bits per heavy atom. The van der Waals surface area contributed by atoms with E-state index in [4.69, 9.17) is 10.00 Å². The maximum absolute atomic E-state index is 9.84. The Morgan fingerprint density at radius 2 is 2.29 bits per heavy atom. The van der Waals surface area contributed by atoms with Gasteiger partial charge in [0.25, 0.3) is 0 Å². The third-order valence-electron chi connectivity index (χ3n) is 2.96. The molecule has 0 saturated carbocycles. The van der Waals surface area contributed by atoms with E-state index in [-0.39, 0.29) is 6.61 Å². The molecule has 1 heterocycles. The quantitative estimate of drug-likeness (QED) is 0.734. The standard InChI is InChI=1S/C16H18N2O2S/c17-9-14-2-1-3-16(8-14)20-11-15(19)10-18-6-4-13-5-7-21-12-13/h1-3,5,7-8,12,15,18-19H,4,6,10-11H2. The van der Waals surface area contributed by atoms with Gasteiger partial charge in [-0.3, -0.25) is 0 Å². The Labute approximate surface area is 128 Å². The summed E-state index contributed by atoms with van der Waals surface area (Å²) in [5.41, 5.74) is 1.86. The number of thiophene rings is 1. The number of rotatable bonds is 8. The van der Waals surface area contributed by atoms with Crippen molar-refractivity contribution in [3.8, 4) is 11.8 Å². The zero-order chi connectivity index (χ0) is 14.9. The summed E-state index contributed by atoms with van der Waals surface area (Å²) in [5.74, 6) is 0.603. The molecule has 0 aliphatic rings. The van der Waals surface area contributed by atoms with Gasteiger partial charge in [-0.1, -0.05) is 6.07 Å². The van der Waals surface area contributed by atoms with Gasteiger partial charge >= 0.3 is 0 Å². The van der Waals surface area contributed by atoms with Crippen molar-refractivity contribution in [1.82, 2.24) is 5.32 Å². The van der Waals surface area contributed by atoms with E-state index in [0.29, 0.717) is 17.9 Å². The second-order valence-electron chi connectivity index (χ2n) is 4.69. The molecule has 2 rings (SSSR count). The number of benzene rings is 1. The zero-order valence-electron chi connectivity index (χ0n) is 11.7. The second kappa shape index (κ2) is 8.42. The number of hydrogen-bond acceptors (Lipinski definition) is 5. The number of aliphatic hydroxyl groups is 1. The first-order valence-electron chi connectivity index (χ1n) is 6.81. The van der Waals surface area contributed by atoms with Crippen LogP contribution in [0.3, 0.4) is 0 Å². The van der Waals surface area contributed by atoms with E-state index < -0.39 is 6.10 Å². The zero-order valence-corrected chi connectivity index (χ0v) is 12.5. The second-order valence-corrected chi connectivity index (χ2v) is 5.47. The molecule has 0 spiro atoms. The minimum absolute atomic E-state index is 0.209. The van der Waals surface area contributed by atoms with E-state index in [9.17, 15) is 5.11 Å². The first-order valence-corrected chi connectivity index (χ1v) is 7.75. The maximum atomic E-state index is 9.84. The molecule has 0 fully saturated rings. The largest absolute Gasteiger partial charge is 0.491 e. The van der Waals surface area contributed by atoms with Crippen LogP contribution in [0.1, 0.15) is 11.1 Å². The van der Waals surface area contributed by atoms with Crippen molar-refractivity contribution >= 4 is 11.3 Å². The fourth-order valence-electron chi connectivity index (χ4n) is 1.84. The fraction of sp³-hybridized carbons (Fsp3) is 0.312. The van der Waals surface area contributed by atoms with Crippen molar-refractivity contribution in [2.75, 3.05) is 19.7 Å². The van der Waals surface area contributed by atoms with Crippen LogP contribution in [0, 0.1) is 11.3 Å². The Kier molecular flexibility index (Phi) is 6.22. The third-order valence-corrected chi connectivity index (χ3v) is 3.69. The Bertz CT molecular complexity index is 578. The van der Waals surface area contributed by atoms with Gasteiger partial charge in [0, 0.05) is 6.54 Å². The van der Waals surface area contributed by atoms with E-state index in [2.05, 4.69) is 28.2 Å². The topological polar surface area (TPSA) is 65.3 Å². The molecule has 0 saturated heterocycles. The van der Waals surface area contributed by atoms with E-state index in [1.165, 1.54) is 5.56 Å². The number of nitrogens with one attached hydrogen (secondary N) is 1. The van der Waals surface area contributed by atoms with Crippen molar-refractivity contribution in [2.24, 2.45) is 0 Å². The minimum atomic E-state index is -0.571. The molecule has 0 aliphatic carbocycles. The Morgan fingerprint density at radius 3 is 3.05 bits per heavy atom. The van der Waals surface area contributed by atoms with Crippen molar-refractivity contribution in [1.29, 1.82) is 5.26 Å². The first-order chi connectivity index (χ1) is 10.3. The lowest BCUT2D eigenvalue weighted by Gasteiger charge is -2.13. The summed E-state index contributed by atoms with van der Waals surface area (Å²) >= 11 is 1.69. The fourth-order valence-corrected chi connectivity index (χ4v) is 2.55. The molecule has 110 valence electrons. The molecule has 0 bridgehead atoms. The van der Waals surface area contributed by atoms with Crippen molar-refractivity contribution in [3.05, 3.63) is 52.2 Å². The molecule has 2 aromatic rings. The van der Waals surface area contributed by atoms with E-state index in [0.717, 1.165) is 13.0 Å². The SMILES string of the molecule is N#Cc1cccc(OCC(O)CNCCc2ccsc2)c1. The number of aliphatic hydroxyl groups excluding tert-OH is 1. The van der Waals surface area contributed by atoms with Gasteiger partial charge in [0.15, 0.2) is 0 Å². The van der Waals surface area contributed by atoms with Crippen LogP contribution in [0.2, 0.25) is 0 Å². The average Bonchev–Trinajstić information content (AvgIpc) is 3.03.